The van der Waals surface area contributed by atoms with Crippen LogP contribution in [0.4, 0.5) is 22.7 Å². The van der Waals surface area contributed by atoms with E-state index in [1.807, 2.05) is 122 Å². The van der Waals surface area contributed by atoms with Crippen molar-refractivity contribution in [1.82, 2.24) is 0 Å². The van der Waals surface area contributed by atoms with Gasteiger partial charge in [0.15, 0.2) is 0 Å². The van der Waals surface area contributed by atoms with E-state index in [1.54, 1.807) is 0 Å². The normalized spacial score (nSPS) is 10.9. The van der Waals surface area contributed by atoms with Crippen LogP contribution in [-0.4, -0.2) is 35.0 Å². The van der Waals surface area contributed by atoms with Crippen LogP contribution in [0.25, 0.3) is 0 Å². The summed E-state index contributed by atoms with van der Waals surface area (Å²) in [6.07, 6.45) is 7.40. The Labute approximate surface area is 244 Å². The minimum atomic E-state index is -1.75. The number of para-hydroxylation sites is 4. The van der Waals surface area contributed by atoms with Crippen LogP contribution in [0.1, 0.15) is 22.3 Å². The van der Waals surface area contributed by atoms with Gasteiger partial charge in [-0.2, -0.15) is 0 Å². The molecule has 13 heteroatoms. The quantitative estimate of drug-likeness (QED) is 0.111. The summed E-state index contributed by atoms with van der Waals surface area (Å²) in [6.45, 7) is 0. The van der Waals surface area contributed by atoms with Crippen LogP contribution < -0.4 is 0 Å². The number of fused-ring (bicyclic) bond motifs is 4. The van der Waals surface area contributed by atoms with Crippen molar-refractivity contribution in [2.24, 2.45) is 20.0 Å². The van der Waals surface area contributed by atoms with Gasteiger partial charge in [-0.15, -0.1) is 0 Å². The van der Waals surface area contributed by atoms with E-state index in [-0.39, 0.29) is 17.1 Å². The maximum atomic E-state index is 8.25. The monoisotopic (exact) mass is 599 g/mol. The van der Waals surface area contributed by atoms with Crippen LogP contribution in [-0.2, 0) is 17.1 Å². The first kappa shape index (κ1) is 31.7. The Balaban J connectivity index is 0.000000583. The van der Waals surface area contributed by atoms with Gasteiger partial charge in [-0.1, -0.05) is 72.8 Å². The number of hydrogen-bond acceptors (Lipinski definition) is 10. The molecule has 4 aromatic carbocycles. The van der Waals surface area contributed by atoms with Crippen molar-refractivity contribution in [3.05, 3.63) is 150 Å². The zero-order valence-corrected chi connectivity index (χ0v) is 21.9. The van der Waals surface area contributed by atoms with Gasteiger partial charge in [-0.25, -0.2) is 0 Å². The van der Waals surface area contributed by atoms with Crippen LogP contribution in [0.2, 0.25) is 0 Å². The Morgan fingerprint density at radius 1 is 0.390 bits per heavy atom. The number of aliphatic imine (C=N–C) groups is 4. The Morgan fingerprint density at radius 2 is 0.561 bits per heavy atom. The van der Waals surface area contributed by atoms with Gasteiger partial charge in [0.1, 0.15) is 0 Å². The molecule has 1 radical (unpaired) electrons. The van der Waals surface area contributed by atoms with Gasteiger partial charge in [0, 0.05) is 47.1 Å². The molecule has 0 amide bonds. The molecule has 5 rings (SSSR count). The first-order valence-corrected chi connectivity index (χ1v) is 11.5. The summed E-state index contributed by atoms with van der Waals surface area (Å²) in [5.41, 5.74) is 7.14. The zero-order valence-electron chi connectivity index (χ0n) is 21.0. The molecule has 1 aliphatic rings. The third-order valence-corrected chi connectivity index (χ3v) is 5.12. The molecule has 209 valence electrons. The Morgan fingerprint density at radius 3 is 0.756 bits per heavy atom. The average Bonchev–Trinajstić information content (AvgIpc) is 2.93. The second kappa shape index (κ2) is 16.4. The van der Waals surface area contributed by atoms with Gasteiger partial charge in [0.2, 0.25) is 0 Å². The molecular weight excluding hydrogens is 580 g/mol. The first-order chi connectivity index (χ1) is 19.3. The van der Waals surface area contributed by atoms with Gasteiger partial charge in [-0.05, 0) is 24.3 Å². The Kier molecular flexibility index (Phi) is 12.7. The summed E-state index contributed by atoms with van der Waals surface area (Å²) in [6, 6.07) is 31.8. The molecule has 1 aliphatic heterocycles. The summed E-state index contributed by atoms with van der Waals surface area (Å²) in [5.74, 6) is 0. The van der Waals surface area contributed by atoms with E-state index in [9.17, 15) is 0 Å². The predicted octanol–water partition coefficient (Wildman–Crippen LogP) is 6.52. The summed E-state index contributed by atoms with van der Waals surface area (Å²) in [5, 5.41) is 29.5. The fourth-order valence-corrected chi connectivity index (χ4v) is 3.41. The standard InChI is InChI=1S/C28H20N4.Cu.2NO3/c1-5-13-25-21(9-1)17-29-26-14-6-2-11-23(26)19-31-28-16-8-4-12-24(28)20-32-27-15-7-3-10-22(27)18-30-25;;2*2-1(3)4/h1-20H;;;/q;+2;2*-1. The molecule has 0 aliphatic carbocycles. The fraction of sp³-hybridized carbons (Fsp3) is 0. The van der Waals surface area contributed by atoms with Crippen molar-refractivity contribution in [2.75, 3.05) is 0 Å². The van der Waals surface area contributed by atoms with Crippen molar-refractivity contribution in [3.8, 4) is 0 Å². The van der Waals surface area contributed by atoms with Crippen LogP contribution in [0.15, 0.2) is 117 Å². The minimum Gasteiger partial charge on any atom is -0.356 e. The molecule has 41 heavy (non-hydrogen) atoms. The number of nitrogens with zero attached hydrogens (tertiary/aromatic N) is 6. The molecule has 0 saturated heterocycles. The van der Waals surface area contributed by atoms with Crippen LogP contribution in [0, 0.1) is 30.6 Å². The van der Waals surface area contributed by atoms with E-state index in [2.05, 4.69) is 0 Å². The van der Waals surface area contributed by atoms with E-state index in [0.29, 0.717) is 0 Å². The average molecular weight is 600 g/mol. The number of benzene rings is 4. The number of rotatable bonds is 0. The molecule has 0 spiro atoms. The summed E-state index contributed by atoms with van der Waals surface area (Å²) in [4.78, 5) is 35.5. The van der Waals surface area contributed by atoms with Crippen molar-refractivity contribution in [2.45, 2.75) is 0 Å². The summed E-state index contributed by atoms with van der Waals surface area (Å²) in [7, 11) is 0. The van der Waals surface area contributed by atoms with Crippen molar-refractivity contribution in [1.29, 1.82) is 0 Å². The molecule has 0 atom stereocenters. The molecule has 0 bridgehead atoms. The molecule has 12 nitrogen and oxygen atoms in total. The van der Waals surface area contributed by atoms with Gasteiger partial charge < -0.3 is 30.6 Å². The van der Waals surface area contributed by atoms with E-state index in [1.165, 1.54) is 0 Å². The summed E-state index contributed by atoms with van der Waals surface area (Å²) >= 11 is 0. The Hall–Kier alpha value is -5.52. The van der Waals surface area contributed by atoms with Crippen LogP contribution in [0.5, 0.6) is 0 Å². The maximum Gasteiger partial charge on any atom is 2.00 e. The second-order valence-electron chi connectivity index (χ2n) is 7.72. The molecule has 0 fully saturated rings. The van der Waals surface area contributed by atoms with Crippen LogP contribution >= 0.6 is 0 Å². The topological polar surface area (TPSA) is 182 Å². The SMILES string of the molecule is C1=Nc2ccccc2C=Nc2ccccc2C=Nc2ccccc2C=Nc2ccccc21.O=[N+]([O-])[O-].O=[N+]([O-])[O-].[Cu+2]. The molecule has 0 unspecified atom stereocenters. The molecule has 0 aromatic heterocycles. The molecular formula is C28H20CuN6O6. The second-order valence-corrected chi connectivity index (χ2v) is 7.72. The number of hydrogen-bond donors (Lipinski definition) is 0. The predicted molar refractivity (Wildman–Crippen MR) is 156 cm³/mol. The van der Waals surface area contributed by atoms with Gasteiger partial charge in [0.25, 0.3) is 0 Å². The molecule has 4 aromatic rings. The third-order valence-electron chi connectivity index (χ3n) is 5.12. The van der Waals surface area contributed by atoms with E-state index < -0.39 is 10.2 Å². The molecule has 0 N–H and O–H groups in total. The maximum absolute atomic E-state index is 8.25. The Bertz CT molecular complexity index is 1270. The van der Waals surface area contributed by atoms with Crippen molar-refractivity contribution in [3.63, 3.8) is 0 Å². The van der Waals surface area contributed by atoms with Gasteiger partial charge in [-0.3, -0.25) is 20.0 Å². The smallest absolute Gasteiger partial charge is 0.356 e. The van der Waals surface area contributed by atoms with Gasteiger partial charge >= 0.3 is 17.1 Å². The third kappa shape index (κ3) is 10.6. The first-order valence-electron chi connectivity index (χ1n) is 11.5. The van der Waals surface area contributed by atoms with Crippen molar-refractivity contribution < 1.29 is 27.2 Å². The van der Waals surface area contributed by atoms with E-state index >= 15 is 0 Å². The molecule has 1 heterocycles. The van der Waals surface area contributed by atoms with Gasteiger partial charge in [0.05, 0.1) is 32.9 Å². The zero-order chi connectivity index (χ0) is 28.7. The van der Waals surface area contributed by atoms with E-state index in [0.717, 1.165) is 45.0 Å². The molecule has 0 saturated carbocycles. The fourth-order valence-electron chi connectivity index (χ4n) is 3.41. The summed E-state index contributed by atoms with van der Waals surface area (Å²) < 4.78 is 0. The van der Waals surface area contributed by atoms with Crippen molar-refractivity contribution >= 4 is 47.6 Å². The minimum absolute atomic E-state index is 0. The largest absolute Gasteiger partial charge is 2.00 e. The van der Waals surface area contributed by atoms with Crippen LogP contribution in [0.3, 0.4) is 0 Å². The van der Waals surface area contributed by atoms with E-state index in [4.69, 9.17) is 50.6 Å².